The highest BCUT2D eigenvalue weighted by Gasteiger charge is 2.20. The first-order chi connectivity index (χ1) is 13.4. The van der Waals surface area contributed by atoms with Gasteiger partial charge in [0.25, 0.3) is 0 Å². The molecule has 2 aromatic heterocycles. The predicted molar refractivity (Wildman–Crippen MR) is 109 cm³/mol. The molecule has 0 aliphatic rings. The quantitative estimate of drug-likeness (QED) is 0.440. The van der Waals surface area contributed by atoms with Crippen molar-refractivity contribution in [2.24, 2.45) is 0 Å². The number of anilines is 2. The third-order valence-electron chi connectivity index (χ3n) is 3.92. The van der Waals surface area contributed by atoms with E-state index in [4.69, 9.17) is 16.3 Å². The maximum Gasteiger partial charge on any atom is 0.341 e. The van der Waals surface area contributed by atoms with Crippen molar-refractivity contribution in [1.29, 1.82) is 0 Å². The average molecular weight is 416 g/mol. The number of aryl methyl sites for hydroxylation is 2. The number of rotatable bonds is 5. The van der Waals surface area contributed by atoms with E-state index in [0.717, 1.165) is 11.4 Å². The third-order valence-corrected chi connectivity index (χ3v) is 5.06. The fraction of sp³-hybridized carbons (Fsp3) is 0.200. The predicted octanol–water partition coefficient (Wildman–Crippen LogP) is 4.85. The summed E-state index contributed by atoms with van der Waals surface area (Å²) in [4.78, 5) is 34.5. The van der Waals surface area contributed by atoms with Crippen molar-refractivity contribution in [3.8, 4) is 0 Å². The number of para-hydroxylation sites is 1. The molecule has 144 valence electrons. The minimum absolute atomic E-state index is 0.0283. The Morgan fingerprint density at radius 3 is 2.54 bits per heavy atom. The number of carbonyl (C=O) groups excluding carboxylic acids is 2. The van der Waals surface area contributed by atoms with Crippen molar-refractivity contribution in [3.05, 3.63) is 69.4 Å². The molecule has 0 atom stereocenters. The number of esters is 1. The summed E-state index contributed by atoms with van der Waals surface area (Å²) in [5.74, 6) is -0.715. The lowest BCUT2D eigenvalue weighted by atomic mass is 10.1. The van der Waals surface area contributed by atoms with Gasteiger partial charge in [-0.2, -0.15) is 0 Å². The summed E-state index contributed by atoms with van der Waals surface area (Å²) < 4.78 is 5.35. The van der Waals surface area contributed by atoms with Crippen molar-refractivity contribution in [2.45, 2.75) is 27.4 Å². The number of carbonyl (C=O) groups is 2. The Morgan fingerprint density at radius 2 is 1.89 bits per heavy atom. The highest BCUT2D eigenvalue weighted by Crippen LogP contribution is 2.29. The number of thiazole rings is 1. The van der Waals surface area contributed by atoms with E-state index < -0.39 is 5.97 Å². The Hall–Kier alpha value is -2.77. The summed E-state index contributed by atoms with van der Waals surface area (Å²) >= 11 is 7.39. The lowest BCUT2D eigenvalue weighted by Crippen LogP contribution is -2.22. The Labute approximate surface area is 171 Å². The van der Waals surface area contributed by atoms with Gasteiger partial charge in [0, 0.05) is 18.0 Å². The maximum atomic E-state index is 12.4. The van der Waals surface area contributed by atoms with Crippen LogP contribution in [0.4, 0.5) is 10.8 Å². The van der Waals surface area contributed by atoms with Crippen LogP contribution in [0.25, 0.3) is 0 Å². The first-order valence-corrected chi connectivity index (χ1v) is 9.73. The van der Waals surface area contributed by atoms with Crippen molar-refractivity contribution < 1.29 is 14.3 Å². The second-order valence-corrected chi connectivity index (χ2v) is 7.33. The molecule has 0 unspecified atom stereocenters. The first kappa shape index (κ1) is 20.0. The highest BCUT2D eigenvalue weighted by atomic mass is 35.5. The summed E-state index contributed by atoms with van der Waals surface area (Å²) in [6.45, 7) is 5.03. The number of hydrogen-bond acceptors (Lipinski definition) is 6. The summed E-state index contributed by atoms with van der Waals surface area (Å²) in [5, 5.41) is 2.38. The number of hydrogen-bond donors (Lipinski definition) is 0. The smallest absolute Gasteiger partial charge is 0.341 e. The van der Waals surface area contributed by atoms with E-state index in [0.29, 0.717) is 16.4 Å². The average Bonchev–Trinajstić information content (AvgIpc) is 3.08. The Bertz CT molecular complexity index is 998. The van der Waals surface area contributed by atoms with Gasteiger partial charge in [0.15, 0.2) is 5.13 Å². The largest absolute Gasteiger partial charge is 0.455 e. The van der Waals surface area contributed by atoms with Crippen LogP contribution in [0.15, 0.2) is 41.8 Å². The van der Waals surface area contributed by atoms with Gasteiger partial charge in [-0.15, -0.1) is 11.3 Å². The number of amides is 1. The van der Waals surface area contributed by atoms with Crippen LogP contribution in [-0.2, 0) is 16.1 Å². The van der Waals surface area contributed by atoms with Gasteiger partial charge < -0.3 is 4.74 Å². The molecule has 3 aromatic rings. The van der Waals surface area contributed by atoms with Gasteiger partial charge >= 0.3 is 5.97 Å². The van der Waals surface area contributed by atoms with Crippen LogP contribution >= 0.6 is 22.9 Å². The number of benzene rings is 1. The molecule has 0 bridgehead atoms. The number of ether oxygens (including phenoxy) is 1. The summed E-state index contributed by atoms with van der Waals surface area (Å²) in [6.07, 6.45) is 0. The zero-order valence-electron chi connectivity index (χ0n) is 15.6. The standard InChI is InChI=1S/C20H18ClN3O3S/c1-12-9-13(2)22-18(21)17(12)19(26)27-10-15-11-28-20(23-15)24(14(3)25)16-7-5-4-6-8-16/h4-9,11H,10H2,1-3H3. The minimum Gasteiger partial charge on any atom is -0.455 e. The molecule has 6 nitrogen and oxygen atoms in total. The second-order valence-electron chi connectivity index (χ2n) is 6.13. The van der Waals surface area contributed by atoms with E-state index in [1.165, 1.54) is 23.2 Å². The maximum absolute atomic E-state index is 12.4. The van der Waals surface area contributed by atoms with E-state index in [2.05, 4.69) is 9.97 Å². The van der Waals surface area contributed by atoms with Gasteiger partial charge in [0.05, 0.1) is 16.9 Å². The minimum atomic E-state index is -0.559. The van der Waals surface area contributed by atoms with E-state index in [9.17, 15) is 9.59 Å². The van der Waals surface area contributed by atoms with E-state index in [1.807, 2.05) is 30.3 Å². The molecule has 0 saturated heterocycles. The highest BCUT2D eigenvalue weighted by molar-refractivity contribution is 7.14. The molecule has 0 aliphatic carbocycles. The molecule has 0 radical (unpaired) electrons. The zero-order chi connectivity index (χ0) is 20.3. The lowest BCUT2D eigenvalue weighted by molar-refractivity contribution is -0.115. The second kappa shape index (κ2) is 8.50. The number of aromatic nitrogens is 2. The van der Waals surface area contributed by atoms with Crippen LogP contribution < -0.4 is 4.90 Å². The first-order valence-electron chi connectivity index (χ1n) is 8.48. The van der Waals surface area contributed by atoms with Gasteiger partial charge in [-0.05, 0) is 37.6 Å². The van der Waals surface area contributed by atoms with Crippen molar-refractivity contribution in [1.82, 2.24) is 9.97 Å². The zero-order valence-corrected chi connectivity index (χ0v) is 17.2. The van der Waals surface area contributed by atoms with E-state index in [-0.39, 0.29) is 23.2 Å². The van der Waals surface area contributed by atoms with Crippen molar-refractivity contribution in [2.75, 3.05) is 4.90 Å². The molecule has 0 spiro atoms. The van der Waals surface area contributed by atoms with Crippen LogP contribution in [0.1, 0.15) is 34.2 Å². The van der Waals surface area contributed by atoms with E-state index in [1.54, 1.807) is 25.3 Å². The topological polar surface area (TPSA) is 72.4 Å². The van der Waals surface area contributed by atoms with Crippen LogP contribution in [0.2, 0.25) is 5.15 Å². The molecule has 0 aliphatic heterocycles. The van der Waals surface area contributed by atoms with Crippen LogP contribution in [-0.4, -0.2) is 21.8 Å². The molecule has 3 rings (SSSR count). The molecule has 2 heterocycles. The number of pyridine rings is 1. The fourth-order valence-electron chi connectivity index (χ4n) is 2.72. The third kappa shape index (κ3) is 4.37. The molecular formula is C20H18ClN3O3S. The van der Waals surface area contributed by atoms with Crippen LogP contribution in [0.5, 0.6) is 0 Å². The number of nitrogens with zero attached hydrogens (tertiary/aromatic N) is 3. The van der Waals surface area contributed by atoms with Gasteiger partial charge in [0.1, 0.15) is 11.8 Å². The molecule has 8 heteroatoms. The van der Waals surface area contributed by atoms with Gasteiger partial charge in [-0.25, -0.2) is 14.8 Å². The molecule has 28 heavy (non-hydrogen) atoms. The van der Waals surface area contributed by atoms with Crippen molar-refractivity contribution >= 4 is 45.6 Å². The number of halogens is 1. The van der Waals surface area contributed by atoms with Gasteiger partial charge in [-0.1, -0.05) is 29.8 Å². The van der Waals surface area contributed by atoms with Gasteiger partial charge in [0.2, 0.25) is 5.91 Å². The van der Waals surface area contributed by atoms with Crippen LogP contribution in [0, 0.1) is 13.8 Å². The fourth-order valence-corrected chi connectivity index (χ4v) is 3.95. The molecule has 0 saturated carbocycles. The normalized spacial score (nSPS) is 10.6. The van der Waals surface area contributed by atoms with E-state index >= 15 is 0 Å². The SMILES string of the molecule is CC(=O)N(c1ccccc1)c1nc(COC(=O)c2c(C)cc(C)nc2Cl)cs1. The van der Waals surface area contributed by atoms with Crippen molar-refractivity contribution in [3.63, 3.8) is 0 Å². The summed E-state index contributed by atoms with van der Waals surface area (Å²) in [6, 6.07) is 11.0. The molecule has 0 N–H and O–H groups in total. The van der Waals surface area contributed by atoms with Gasteiger partial charge in [-0.3, -0.25) is 9.69 Å². The Kier molecular flexibility index (Phi) is 6.06. The lowest BCUT2D eigenvalue weighted by Gasteiger charge is -2.17. The summed E-state index contributed by atoms with van der Waals surface area (Å²) in [7, 11) is 0. The molecule has 1 amide bonds. The Morgan fingerprint density at radius 1 is 1.18 bits per heavy atom. The van der Waals surface area contributed by atoms with Crippen LogP contribution in [0.3, 0.4) is 0 Å². The molecular weight excluding hydrogens is 398 g/mol. The summed E-state index contributed by atoms with van der Waals surface area (Å²) in [5.41, 5.74) is 2.95. The Balaban J connectivity index is 1.74. The monoisotopic (exact) mass is 415 g/mol. The molecule has 0 fully saturated rings. The molecule has 1 aromatic carbocycles.